The number of aromatic nitrogens is 9. The Hall–Kier alpha value is -4.61. The fourth-order valence-electron chi connectivity index (χ4n) is 4.88. The highest BCUT2D eigenvalue weighted by Crippen LogP contribution is 2.29. The lowest BCUT2D eigenvalue weighted by molar-refractivity contribution is -0.0554. The quantitative estimate of drug-likeness (QED) is 0.113. The maximum atomic E-state index is 11.5. The van der Waals surface area contributed by atoms with Crippen LogP contribution >= 0.6 is 0 Å². The van der Waals surface area contributed by atoms with Crippen LogP contribution in [0.3, 0.4) is 0 Å². The zero-order valence-electron chi connectivity index (χ0n) is 25.7. The smallest absolute Gasteiger partial charge is 0.354 e. The molecule has 3 aromatic heterocycles. The lowest BCUT2D eigenvalue weighted by Gasteiger charge is -2.16. The van der Waals surface area contributed by atoms with E-state index in [2.05, 4.69) is 29.9 Å². The molecule has 11 atom stereocenters. The van der Waals surface area contributed by atoms with Gasteiger partial charge in [0.05, 0.1) is 25.9 Å². The topological polar surface area (TPSA) is 411 Å². The van der Waals surface area contributed by atoms with Crippen LogP contribution < -0.4 is 34.3 Å². The largest absolute Gasteiger partial charge is 0.394 e. The second-order valence-electron chi connectivity index (χ2n) is 10.8. The minimum absolute atomic E-state index is 0.112. The molecule has 0 saturated carbocycles. The second-order valence-corrected chi connectivity index (χ2v) is 10.8. The number of nitrogen functional groups attached to an aromatic ring is 3. The molecule has 0 aromatic carbocycles. The van der Waals surface area contributed by atoms with Gasteiger partial charge in [-0.25, -0.2) is 29.3 Å². The van der Waals surface area contributed by atoms with E-state index >= 15 is 0 Å². The molecule has 6 rings (SSSR count). The van der Waals surface area contributed by atoms with E-state index in [9.17, 15) is 39.9 Å². The molecule has 50 heavy (non-hydrogen) atoms. The summed E-state index contributed by atoms with van der Waals surface area (Å²) in [6, 6.07) is 0. The van der Waals surface area contributed by atoms with Crippen LogP contribution in [0.15, 0.2) is 33.4 Å². The zero-order valence-corrected chi connectivity index (χ0v) is 25.7. The number of nitrogens with two attached hydrogens (primary N) is 3. The molecule has 3 unspecified atom stereocenters. The molecule has 26 nitrogen and oxygen atoms in total. The highest BCUT2D eigenvalue weighted by Gasteiger charge is 2.45. The molecule has 0 bridgehead atoms. The fourth-order valence-corrected chi connectivity index (χ4v) is 4.88. The Morgan fingerprint density at radius 1 is 0.580 bits per heavy atom. The third-order valence-corrected chi connectivity index (χ3v) is 7.51. The maximum Gasteiger partial charge on any atom is 0.354 e. The first-order chi connectivity index (χ1) is 23.7. The third kappa shape index (κ3) is 8.39. The Balaban J connectivity index is 0.000000169. The molecule has 3 aromatic rings. The van der Waals surface area contributed by atoms with E-state index in [1.165, 1.54) is 6.33 Å². The summed E-state index contributed by atoms with van der Waals surface area (Å²) in [5.41, 5.74) is 13.6. The molecule has 0 spiro atoms. The van der Waals surface area contributed by atoms with Crippen molar-refractivity contribution in [1.82, 2.24) is 43.6 Å². The van der Waals surface area contributed by atoms with Gasteiger partial charge in [0.15, 0.2) is 12.5 Å². The first-order valence-electron chi connectivity index (χ1n) is 14.5. The lowest BCUT2D eigenvalue weighted by atomic mass is 10.1. The summed E-state index contributed by atoms with van der Waals surface area (Å²) in [6.07, 6.45) is -8.09. The van der Waals surface area contributed by atoms with Gasteiger partial charge >= 0.3 is 17.1 Å². The fraction of sp³-hybridized carbons (Fsp3) is 0.625. The molecular formula is C24H36N12O14. The SMILES string of the molecule is Nc1ncn(C2C[C@H](O)[C@@H](CO)O2)c(=O)n1.Nc1ncn(C2O[C@H](CO)[C@@H](O)[C@@H]2O)c(=O)n1.Nc1ncn(C2O[C@H](CO)[C@@H](O)[C@H]2O)c(=O)n1. The minimum atomic E-state index is -1.35. The van der Waals surface area contributed by atoms with Crippen LogP contribution in [0.2, 0.25) is 0 Å². The van der Waals surface area contributed by atoms with E-state index < -0.39 is 97.8 Å². The van der Waals surface area contributed by atoms with E-state index in [1.54, 1.807) is 0 Å². The van der Waals surface area contributed by atoms with Crippen molar-refractivity contribution in [3.63, 3.8) is 0 Å². The van der Waals surface area contributed by atoms with Crippen LogP contribution in [0.5, 0.6) is 0 Å². The molecule has 14 N–H and O–H groups in total. The van der Waals surface area contributed by atoms with Gasteiger partial charge in [-0.15, -0.1) is 0 Å². The van der Waals surface area contributed by atoms with Gasteiger partial charge in [0.1, 0.15) is 67.9 Å². The maximum absolute atomic E-state index is 11.5. The van der Waals surface area contributed by atoms with Gasteiger partial charge in [-0.3, -0.25) is 13.7 Å². The van der Waals surface area contributed by atoms with Crippen molar-refractivity contribution in [3.8, 4) is 0 Å². The van der Waals surface area contributed by atoms with Gasteiger partial charge < -0.3 is 72.3 Å². The van der Waals surface area contributed by atoms with Crippen molar-refractivity contribution in [2.45, 2.75) is 73.9 Å². The van der Waals surface area contributed by atoms with E-state index in [-0.39, 0.29) is 30.9 Å². The zero-order chi connectivity index (χ0) is 36.9. The summed E-state index contributed by atoms with van der Waals surface area (Å²) in [4.78, 5) is 55.4. The van der Waals surface area contributed by atoms with Crippen LogP contribution in [0.25, 0.3) is 0 Å². The highest BCUT2D eigenvalue weighted by molar-refractivity contribution is 5.11. The summed E-state index contributed by atoms with van der Waals surface area (Å²) >= 11 is 0. The van der Waals surface area contributed by atoms with Gasteiger partial charge in [-0.1, -0.05) is 0 Å². The van der Waals surface area contributed by atoms with Crippen LogP contribution in [-0.2, 0) is 14.2 Å². The number of nitrogens with zero attached hydrogens (tertiary/aromatic N) is 9. The van der Waals surface area contributed by atoms with Crippen molar-refractivity contribution in [2.24, 2.45) is 0 Å². The predicted octanol–water partition coefficient (Wildman–Crippen LogP) is -8.47. The van der Waals surface area contributed by atoms with Gasteiger partial charge in [0.2, 0.25) is 17.8 Å². The number of aliphatic hydroxyl groups excluding tert-OH is 8. The highest BCUT2D eigenvalue weighted by atomic mass is 16.6. The van der Waals surface area contributed by atoms with Crippen molar-refractivity contribution in [2.75, 3.05) is 37.0 Å². The number of ether oxygens (including phenoxy) is 3. The standard InChI is InChI=1S/2C8H12N4O5.C8H12N4O4/c2*9-7-10-2-12(8(16)11-7)6-5(15)4(14)3(1-13)17-6;9-7-10-3-12(8(15)11-7)6-1-4(14)5(2-13)16-6/h2*2-6,13-15H,1H2,(H2,9,11,16);3-6,13-14H,1-2H2,(H2,9,11,15)/t3-,4-,5+,6?;3-,4-,5-,6?;4-,5+,6?/m110/s1. The van der Waals surface area contributed by atoms with Gasteiger partial charge in [0, 0.05) is 6.42 Å². The van der Waals surface area contributed by atoms with Crippen molar-refractivity contribution < 1.29 is 55.1 Å². The molecule has 3 aliphatic heterocycles. The van der Waals surface area contributed by atoms with Gasteiger partial charge in [-0.05, 0) is 0 Å². The van der Waals surface area contributed by atoms with Gasteiger partial charge in [-0.2, -0.15) is 15.0 Å². The summed E-state index contributed by atoms with van der Waals surface area (Å²) in [7, 11) is 0. The van der Waals surface area contributed by atoms with E-state index in [0.717, 1.165) is 26.4 Å². The van der Waals surface area contributed by atoms with E-state index in [0.29, 0.717) is 0 Å². The van der Waals surface area contributed by atoms with Crippen molar-refractivity contribution >= 4 is 17.8 Å². The average molecular weight is 717 g/mol. The van der Waals surface area contributed by atoms with Crippen LogP contribution in [-0.4, -0.2) is 153 Å². The summed E-state index contributed by atoms with van der Waals surface area (Å²) in [5, 5.41) is 74.6. The molecular weight excluding hydrogens is 680 g/mol. The minimum Gasteiger partial charge on any atom is -0.394 e. The molecule has 3 fully saturated rings. The monoisotopic (exact) mass is 716 g/mol. The molecule has 3 saturated heterocycles. The number of rotatable bonds is 6. The molecule has 26 heteroatoms. The lowest BCUT2D eigenvalue weighted by Crippen LogP contribution is -2.36. The molecule has 276 valence electrons. The first kappa shape index (κ1) is 38.2. The molecule has 3 aliphatic rings. The molecule has 0 amide bonds. The number of hydrogen-bond donors (Lipinski definition) is 11. The normalized spacial score (nSPS) is 31.8. The Kier molecular flexibility index (Phi) is 12.5. The molecule has 0 radical (unpaired) electrons. The van der Waals surface area contributed by atoms with E-state index in [4.69, 9.17) is 46.7 Å². The Labute approximate surface area is 278 Å². The Morgan fingerprint density at radius 3 is 1.24 bits per heavy atom. The second kappa shape index (κ2) is 16.4. The molecule has 6 heterocycles. The summed E-state index contributed by atoms with van der Waals surface area (Å²) in [6.45, 7) is -1.25. The van der Waals surface area contributed by atoms with Gasteiger partial charge in [0.25, 0.3) is 0 Å². The van der Waals surface area contributed by atoms with Crippen LogP contribution in [0, 0.1) is 0 Å². The third-order valence-electron chi connectivity index (χ3n) is 7.51. The Morgan fingerprint density at radius 2 is 0.940 bits per heavy atom. The average Bonchev–Trinajstić information content (AvgIpc) is 3.69. The summed E-state index contributed by atoms with van der Waals surface area (Å²) < 4.78 is 18.5. The number of anilines is 3. The number of hydrogen-bond acceptors (Lipinski definition) is 23. The molecule has 0 aliphatic carbocycles. The van der Waals surface area contributed by atoms with Crippen LogP contribution in [0.4, 0.5) is 17.8 Å². The van der Waals surface area contributed by atoms with Crippen LogP contribution in [0.1, 0.15) is 25.1 Å². The van der Waals surface area contributed by atoms with Crippen molar-refractivity contribution in [3.05, 3.63) is 50.4 Å². The van der Waals surface area contributed by atoms with Crippen molar-refractivity contribution in [1.29, 1.82) is 0 Å². The first-order valence-corrected chi connectivity index (χ1v) is 14.5. The predicted molar refractivity (Wildman–Crippen MR) is 160 cm³/mol. The number of aliphatic hydroxyl groups is 8. The van der Waals surface area contributed by atoms with E-state index in [1.807, 2.05) is 0 Å². The Bertz CT molecular complexity index is 1680. The summed E-state index contributed by atoms with van der Waals surface area (Å²) in [5.74, 6) is -0.505.